The molecule has 2 aromatic rings. The minimum absolute atomic E-state index is 0.0549. The molecule has 5 atom stereocenters. The van der Waals surface area contributed by atoms with Gasteiger partial charge in [0.2, 0.25) is 0 Å². The van der Waals surface area contributed by atoms with E-state index in [9.17, 15) is 9.90 Å². The number of rotatable bonds is 11. The van der Waals surface area contributed by atoms with Crippen LogP contribution in [0.15, 0.2) is 73.3 Å². The van der Waals surface area contributed by atoms with E-state index in [4.69, 9.17) is 23.7 Å². The first-order valence-electron chi connectivity index (χ1n) is 10.6. The SMILES string of the molecule is C=CCO[C@H]1O[C@H](COC(C)=O)[C@@H](OCc2ccccc2)[C@H](OCc2ccccc2)[C@@H]1O. The molecule has 1 heterocycles. The summed E-state index contributed by atoms with van der Waals surface area (Å²) in [6.07, 6.45) is -2.70. The van der Waals surface area contributed by atoms with Gasteiger partial charge in [0.1, 0.15) is 31.0 Å². The largest absolute Gasteiger partial charge is 0.463 e. The van der Waals surface area contributed by atoms with Gasteiger partial charge in [0, 0.05) is 6.92 Å². The van der Waals surface area contributed by atoms with E-state index in [1.54, 1.807) is 6.08 Å². The number of aliphatic hydroxyl groups is 1. The highest BCUT2D eigenvalue weighted by Crippen LogP contribution is 2.29. The smallest absolute Gasteiger partial charge is 0.302 e. The van der Waals surface area contributed by atoms with Crippen LogP contribution in [0.3, 0.4) is 0 Å². The average Bonchev–Trinajstić information content (AvgIpc) is 2.81. The molecule has 0 aliphatic carbocycles. The van der Waals surface area contributed by atoms with Crippen LogP contribution in [0.1, 0.15) is 18.1 Å². The fourth-order valence-corrected chi connectivity index (χ4v) is 3.45. The molecule has 0 saturated carbocycles. The van der Waals surface area contributed by atoms with Gasteiger partial charge in [-0.25, -0.2) is 0 Å². The Morgan fingerprint density at radius 2 is 1.53 bits per heavy atom. The first-order valence-corrected chi connectivity index (χ1v) is 10.6. The van der Waals surface area contributed by atoms with Gasteiger partial charge in [0.25, 0.3) is 0 Å². The molecular formula is C25H30O7. The molecule has 1 fully saturated rings. The lowest BCUT2D eigenvalue weighted by Gasteiger charge is -2.43. The first-order chi connectivity index (χ1) is 15.6. The van der Waals surface area contributed by atoms with Crippen molar-refractivity contribution >= 4 is 5.97 Å². The Morgan fingerprint density at radius 1 is 0.969 bits per heavy atom. The summed E-state index contributed by atoms with van der Waals surface area (Å²) in [5, 5.41) is 11.0. The van der Waals surface area contributed by atoms with Gasteiger partial charge < -0.3 is 28.8 Å². The number of ether oxygens (including phenoxy) is 5. The van der Waals surface area contributed by atoms with Gasteiger partial charge in [0.05, 0.1) is 19.8 Å². The number of esters is 1. The average molecular weight is 443 g/mol. The highest BCUT2D eigenvalue weighted by Gasteiger charge is 2.47. The van der Waals surface area contributed by atoms with Gasteiger partial charge >= 0.3 is 5.97 Å². The fourth-order valence-electron chi connectivity index (χ4n) is 3.45. The van der Waals surface area contributed by atoms with Crippen LogP contribution < -0.4 is 0 Å². The third-order valence-corrected chi connectivity index (χ3v) is 5.01. The minimum atomic E-state index is -1.12. The molecule has 2 aromatic carbocycles. The number of hydrogen-bond acceptors (Lipinski definition) is 7. The summed E-state index contributed by atoms with van der Waals surface area (Å²) >= 11 is 0. The molecular weight excluding hydrogens is 412 g/mol. The van der Waals surface area contributed by atoms with Gasteiger partial charge in [0.15, 0.2) is 6.29 Å². The van der Waals surface area contributed by atoms with Crippen LogP contribution in [0.25, 0.3) is 0 Å². The number of benzene rings is 2. The highest BCUT2D eigenvalue weighted by molar-refractivity contribution is 5.65. The number of aliphatic hydroxyl groups excluding tert-OH is 1. The summed E-state index contributed by atoms with van der Waals surface area (Å²) in [4.78, 5) is 11.4. The van der Waals surface area contributed by atoms with E-state index in [-0.39, 0.29) is 26.4 Å². The van der Waals surface area contributed by atoms with Gasteiger partial charge in [-0.2, -0.15) is 0 Å². The lowest BCUT2D eigenvalue weighted by atomic mass is 9.98. The summed E-state index contributed by atoms with van der Waals surface area (Å²) in [6.45, 7) is 5.63. The predicted molar refractivity (Wildman–Crippen MR) is 117 cm³/mol. The fraction of sp³-hybridized carbons (Fsp3) is 0.400. The highest BCUT2D eigenvalue weighted by atomic mass is 16.7. The Labute approximate surface area is 188 Å². The van der Waals surface area contributed by atoms with E-state index < -0.39 is 36.7 Å². The van der Waals surface area contributed by atoms with Crippen molar-refractivity contribution in [1.82, 2.24) is 0 Å². The van der Waals surface area contributed by atoms with Crippen molar-refractivity contribution in [2.24, 2.45) is 0 Å². The molecule has 1 aliphatic rings. The molecule has 1 aliphatic heterocycles. The Bertz CT molecular complexity index is 827. The second-order valence-corrected chi connectivity index (χ2v) is 7.48. The van der Waals surface area contributed by atoms with Crippen LogP contribution in [-0.4, -0.2) is 55.0 Å². The van der Waals surface area contributed by atoms with Crippen molar-refractivity contribution in [3.63, 3.8) is 0 Å². The van der Waals surface area contributed by atoms with E-state index >= 15 is 0 Å². The zero-order valence-corrected chi connectivity index (χ0v) is 18.2. The molecule has 172 valence electrons. The van der Waals surface area contributed by atoms with Crippen molar-refractivity contribution in [2.45, 2.75) is 50.8 Å². The number of carbonyl (C=O) groups excluding carboxylic acids is 1. The van der Waals surface area contributed by atoms with Crippen LogP contribution in [0, 0.1) is 0 Å². The summed E-state index contributed by atoms with van der Waals surface area (Å²) in [5.74, 6) is -0.438. The topological polar surface area (TPSA) is 83.5 Å². The van der Waals surface area contributed by atoms with E-state index in [0.29, 0.717) is 0 Å². The maximum atomic E-state index is 11.4. The molecule has 7 heteroatoms. The zero-order valence-electron chi connectivity index (χ0n) is 18.2. The van der Waals surface area contributed by atoms with Crippen molar-refractivity contribution in [2.75, 3.05) is 13.2 Å². The van der Waals surface area contributed by atoms with Gasteiger partial charge in [-0.1, -0.05) is 66.7 Å². The van der Waals surface area contributed by atoms with Gasteiger partial charge in [-0.05, 0) is 11.1 Å². The Balaban J connectivity index is 1.80. The Morgan fingerprint density at radius 3 is 2.06 bits per heavy atom. The number of hydrogen-bond donors (Lipinski definition) is 1. The maximum absolute atomic E-state index is 11.4. The normalized spacial score (nSPS) is 25.2. The summed E-state index contributed by atoms with van der Waals surface area (Å²) in [7, 11) is 0. The Hall–Kier alpha value is -2.55. The molecule has 0 bridgehead atoms. The second-order valence-electron chi connectivity index (χ2n) is 7.48. The van der Waals surface area contributed by atoms with Crippen LogP contribution >= 0.6 is 0 Å². The predicted octanol–water partition coefficient (Wildman–Crippen LogP) is 3.01. The summed E-state index contributed by atoms with van der Waals surface area (Å²) in [6, 6.07) is 19.3. The molecule has 0 amide bonds. The molecule has 1 saturated heterocycles. The molecule has 0 radical (unpaired) electrons. The third kappa shape index (κ3) is 6.98. The van der Waals surface area contributed by atoms with E-state index in [1.807, 2.05) is 60.7 Å². The molecule has 1 N–H and O–H groups in total. The standard InChI is InChI=1S/C25H30O7/c1-3-14-28-25-22(27)24(31-16-20-12-8-5-9-13-20)23(21(32-25)17-29-18(2)26)30-15-19-10-6-4-7-11-19/h3-13,21-25,27H,1,14-17H2,2H3/t21-,22+,23-,24-,25+/m1/s1. The lowest BCUT2D eigenvalue weighted by molar-refractivity contribution is -0.315. The number of carbonyl (C=O) groups is 1. The molecule has 0 unspecified atom stereocenters. The van der Waals surface area contributed by atoms with Gasteiger partial charge in [-0.15, -0.1) is 6.58 Å². The van der Waals surface area contributed by atoms with E-state index in [0.717, 1.165) is 11.1 Å². The zero-order chi connectivity index (χ0) is 22.8. The first kappa shape index (κ1) is 24.1. The van der Waals surface area contributed by atoms with Crippen molar-refractivity contribution in [1.29, 1.82) is 0 Å². The van der Waals surface area contributed by atoms with Crippen molar-refractivity contribution in [3.8, 4) is 0 Å². The molecule has 32 heavy (non-hydrogen) atoms. The summed E-state index contributed by atoms with van der Waals surface area (Å²) < 4.78 is 29.0. The van der Waals surface area contributed by atoms with Crippen LogP contribution in [0.2, 0.25) is 0 Å². The van der Waals surface area contributed by atoms with E-state index in [2.05, 4.69) is 6.58 Å². The molecule has 0 aromatic heterocycles. The second kappa shape index (κ2) is 12.5. The van der Waals surface area contributed by atoms with Crippen molar-refractivity contribution < 1.29 is 33.6 Å². The van der Waals surface area contributed by atoms with Crippen molar-refractivity contribution in [3.05, 3.63) is 84.4 Å². The lowest BCUT2D eigenvalue weighted by Crippen LogP contribution is -2.61. The van der Waals surface area contributed by atoms with Crippen LogP contribution in [0.5, 0.6) is 0 Å². The molecule has 7 nitrogen and oxygen atoms in total. The molecule has 0 spiro atoms. The molecule has 3 rings (SSSR count). The van der Waals surface area contributed by atoms with Gasteiger partial charge in [-0.3, -0.25) is 4.79 Å². The van der Waals surface area contributed by atoms with Crippen LogP contribution in [0.4, 0.5) is 0 Å². The Kier molecular flexibility index (Phi) is 9.40. The van der Waals surface area contributed by atoms with Crippen LogP contribution in [-0.2, 0) is 41.7 Å². The summed E-state index contributed by atoms with van der Waals surface area (Å²) in [5.41, 5.74) is 1.91. The maximum Gasteiger partial charge on any atom is 0.302 e. The minimum Gasteiger partial charge on any atom is -0.463 e. The third-order valence-electron chi connectivity index (χ3n) is 5.01. The monoisotopic (exact) mass is 442 g/mol. The van der Waals surface area contributed by atoms with E-state index in [1.165, 1.54) is 6.92 Å². The quantitative estimate of drug-likeness (QED) is 0.423.